The van der Waals surface area contributed by atoms with E-state index in [2.05, 4.69) is 48.9 Å². The van der Waals surface area contributed by atoms with E-state index >= 15 is 0 Å². The number of carbonyl (C=O) groups is 2. The van der Waals surface area contributed by atoms with Gasteiger partial charge in [0, 0.05) is 42.7 Å². The Morgan fingerprint density at radius 2 is 1.86 bits per heavy atom. The first-order chi connectivity index (χ1) is 16.4. The largest absolute Gasteiger partial charge is 0.444 e. The molecular formula is C29H43N3O3. The number of nitrogens with one attached hydrogen (secondary N) is 1. The highest BCUT2D eigenvalue weighted by Crippen LogP contribution is 2.41. The highest BCUT2D eigenvalue weighted by molar-refractivity contribution is 5.87. The molecule has 0 saturated heterocycles. The average molecular weight is 482 g/mol. The van der Waals surface area contributed by atoms with Crippen molar-refractivity contribution in [2.24, 2.45) is 17.8 Å². The summed E-state index contributed by atoms with van der Waals surface area (Å²) in [7, 11) is 1.81. The van der Waals surface area contributed by atoms with Gasteiger partial charge in [-0.15, -0.1) is 0 Å². The van der Waals surface area contributed by atoms with E-state index in [1.54, 1.807) is 4.90 Å². The minimum atomic E-state index is -0.486. The maximum atomic E-state index is 13.8. The van der Waals surface area contributed by atoms with Crippen LogP contribution in [-0.2, 0) is 16.0 Å². The normalized spacial score (nSPS) is 22.9. The van der Waals surface area contributed by atoms with Gasteiger partial charge in [0.15, 0.2) is 0 Å². The Labute approximate surface area is 210 Å². The molecule has 1 aliphatic carbocycles. The van der Waals surface area contributed by atoms with Crippen LogP contribution in [0, 0.1) is 24.7 Å². The van der Waals surface area contributed by atoms with Gasteiger partial charge in [-0.1, -0.05) is 25.5 Å². The number of amides is 2. The number of aromatic amines is 1. The third-order valence-corrected chi connectivity index (χ3v) is 7.68. The Hall–Kier alpha value is -2.50. The molecule has 0 spiro atoms. The number of carbonyl (C=O) groups excluding carboxylic acids is 2. The number of H-pyrrole nitrogens is 1. The minimum Gasteiger partial charge on any atom is -0.444 e. The van der Waals surface area contributed by atoms with Crippen LogP contribution in [0.15, 0.2) is 18.2 Å². The molecule has 1 fully saturated rings. The summed E-state index contributed by atoms with van der Waals surface area (Å²) in [5.74, 6) is 1.14. The van der Waals surface area contributed by atoms with E-state index in [0.29, 0.717) is 24.3 Å². The van der Waals surface area contributed by atoms with Gasteiger partial charge in [0.25, 0.3) is 0 Å². The summed E-state index contributed by atoms with van der Waals surface area (Å²) >= 11 is 0. The lowest BCUT2D eigenvalue weighted by Crippen LogP contribution is -2.46. The second-order valence-electron chi connectivity index (χ2n) is 12.1. The van der Waals surface area contributed by atoms with Crippen molar-refractivity contribution < 1.29 is 14.3 Å². The van der Waals surface area contributed by atoms with Gasteiger partial charge in [0.05, 0.1) is 6.04 Å². The first kappa shape index (κ1) is 25.6. The van der Waals surface area contributed by atoms with Gasteiger partial charge in [0.2, 0.25) is 5.91 Å². The number of aryl methyl sites for hydroxylation is 1. The third-order valence-electron chi connectivity index (χ3n) is 7.68. The van der Waals surface area contributed by atoms with Crippen molar-refractivity contribution in [3.05, 3.63) is 35.0 Å². The van der Waals surface area contributed by atoms with Crippen LogP contribution in [-0.4, -0.2) is 52.5 Å². The fourth-order valence-corrected chi connectivity index (χ4v) is 6.00. The van der Waals surface area contributed by atoms with Crippen LogP contribution in [0.1, 0.15) is 83.2 Å². The Bertz CT molecular complexity index is 1070. The Morgan fingerprint density at radius 1 is 1.17 bits per heavy atom. The highest BCUT2D eigenvalue weighted by atomic mass is 16.6. The number of ether oxygens (including phenoxy) is 1. The van der Waals surface area contributed by atoms with E-state index < -0.39 is 5.60 Å². The first-order valence-corrected chi connectivity index (χ1v) is 13.3. The number of hydrogen-bond donors (Lipinski definition) is 1. The van der Waals surface area contributed by atoms with Crippen molar-refractivity contribution in [3.8, 4) is 0 Å². The number of rotatable bonds is 4. The highest BCUT2D eigenvalue weighted by Gasteiger charge is 2.39. The molecule has 35 heavy (non-hydrogen) atoms. The number of hydrogen-bond acceptors (Lipinski definition) is 3. The van der Waals surface area contributed by atoms with E-state index in [4.69, 9.17) is 4.74 Å². The molecule has 2 heterocycles. The minimum absolute atomic E-state index is 0.0764. The summed E-state index contributed by atoms with van der Waals surface area (Å²) in [6.07, 6.45) is 4.37. The SMILES string of the molecule is Cc1ccc2[nH]c3c(c2c1)CCN(C(=O)[C@H]1CC[C@H](CN(C)C(=O)OC(C)(C)C)CC1)C3C(C)C. The molecular weight excluding hydrogens is 438 g/mol. The van der Waals surface area contributed by atoms with E-state index in [0.717, 1.165) is 38.6 Å². The zero-order valence-electron chi connectivity index (χ0n) is 22.6. The standard InChI is InChI=1S/C29H43N3O3/c1-18(2)26-25-22(23-16-19(3)8-13-24(23)30-25)14-15-32(26)27(33)21-11-9-20(10-12-21)17-31(7)28(34)35-29(4,5)6/h8,13,16,18,20-21,26,30H,9-12,14-15,17H2,1-7H3/t20-,21-,26?. The smallest absolute Gasteiger partial charge is 0.410 e. The van der Waals surface area contributed by atoms with Crippen molar-refractivity contribution in [2.45, 2.75) is 85.3 Å². The summed E-state index contributed by atoms with van der Waals surface area (Å²) in [6.45, 7) is 13.7. The van der Waals surface area contributed by atoms with Gasteiger partial charge >= 0.3 is 6.09 Å². The van der Waals surface area contributed by atoms with Crippen LogP contribution >= 0.6 is 0 Å². The fourth-order valence-electron chi connectivity index (χ4n) is 6.00. The third kappa shape index (κ3) is 5.52. The topological polar surface area (TPSA) is 65.6 Å². The molecule has 1 aromatic carbocycles. The lowest BCUT2D eigenvalue weighted by Gasteiger charge is -2.41. The van der Waals surface area contributed by atoms with Crippen molar-refractivity contribution in [3.63, 3.8) is 0 Å². The predicted octanol–water partition coefficient (Wildman–Crippen LogP) is 6.23. The average Bonchev–Trinajstić information content (AvgIpc) is 3.14. The molecule has 2 aromatic rings. The zero-order valence-corrected chi connectivity index (χ0v) is 22.6. The van der Waals surface area contributed by atoms with Gasteiger partial charge in [-0.25, -0.2) is 4.79 Å². The van der Waals surface area contributed by atoms with Gasteiger partial charge in [-0.05, 0) is 89.3 Å². The molecule has 0 radical (unpaired) electrons. The summed E-state index contributed by atoms with van der Waals surface area (Å²) < 4.78 is 5.49. The molecule has 1 aromatic heterocycles. The maximum Gasteiger partial charge on any atom is 0.410 e. The molecule has 0 bridgehead atoms. The fraction of sp³-hybridized carbons (Fsp3) is 0.655. The van der Waals surface area contributed by atoms with Crippen molar-refractivity contribution in [2.75, 3.05) is 20.1 Å². The molecule has 2 aliphatic rings. The molecule has 1 unspecified atom stereocenters. The second-order valence-corrected chi connectivity index (χ2v) is 12.1. The lowest BCUT2D eigenvalue weighted by molar-refractivity contribution is -0.141. The van der Waals surface area contributed by atoms with Crippen LogP contribution in [0.25, 0.3) is 10.9 Å². The predicted molar refractivity (Wildman–Crippen MR) is 140 cm³/mol. The van der Waals surface area contributed by atoms with E-state index in [1.165, 1.54) is 27.7 Å². The Morgan fingerprint density at radius 3 is 2.49 bits per heavy atom. The molecule has 1 N–H and O–H groups in total. The van der Waals surface area contributed by atoms with E-state index in [-0.39, 0.29) is 18.1 Å². The molecule has 1 saturated carbocycles. The monoisotopic (exact) mass is 481 g/mol. The summed E-state index contributed by atoms with van der Waals surface area (Å²) in [6, 6.07) is 6.68. The molecule has 6 heteroatoms. The quantitative estimate of drug-likeness (QED) is 0.563. The van der Waals surface area contributed by atoms with Crippen LogP contribution in [0.4, 0.5) is 4.79 Å². The van der Waals surface area contributed by atoms with E-state index in [1.807, 2.05) is 27.8 Å². The molecule has 2 amide bonds. The number of aromatic nitrogens is 1. The van der Waals surface area contributed by atoms with Crippen LogP contribution in [0.2, 0.25) is 0 Å². The number of fused-ring (bicyclic) bond motifs is 3. The Kier molecular flexibility index (Phi) is 7.21. The maximum absolute atomic E-state index is 13.8. The molecule has 192 valence electrons. The Balaban J connectivity index is 1.41. The van der Waals surface area contributed by atoms with Gasteiger partial charge in [-0.3, -0.25) is 4.79 Å². The summed E-state index contributed by atoms with van der Waals surface area (Å²) in [4.78, 5) is 33.6. The summed E-state index contributed by atoms with van der Waals surface area (Å²) in [5.41, 5.74) is 4.58. The van der Waals surface area contributed by atoms with Crippen molar-refractivity contribution in [1.82, 2.24) is 14.8 Å². The van der Waals surface area contributed by atoms with Crippen LogP contribution in [0.5, 0.6) is 0 Å². The molecule has 1 aliphatic heterocycles. The number of nitrogens with zero attached hydrogens (tertiary/aromatic N) is 2. The number of benzene rings is 1. The van der Waals surface area contributed by atoms with E-state index in [9.17, 15) is 9.59 Å². The van der Waals surface area contributed by atoms with Crippen LogP contribution < -0.4 is 0 Å². The van der Waals surface area contributed by atoms with Gasteiger partial charge in [-0.2, -0.15) is 0 Å². The van der Waals surface area contributed by atoms with Gasteiger partial charge in [0.1, 0.15) is 5.60 Å². The second kappa shape index (κ2) is 9.87. The molecule has 6 nitrogen and oxygen atoms in total. The van der Waals surface area contributed by atoms with Crippen molar-refractivity contribution >= 4 is 22.9 Å². The van der Waals surface area contributed by atoms with Gasteiger partial charge < -0.3 is 19.5 Å². The van der Waals surface area contributed by atoms with Crippen LogP contribution in [0.3, 0.4) is 0 Å². The molecule has 4 rings (SSSR count). The first-order valence-electron chi connectivity index (χ1n) is 13.3. The lowest BCUT2D eigenvalue weighted by atomic mass is 9.80. The molecule has 1 atom stereocenters. The summed E-state index contributed by atoms with van der Waals surface area (Å²) in [5, 5.41) is 1.31. The van der Waals surface area contributed by atoms with Crippen molar-refractivity contribution in [1.29, 1.82) is 0 Å². The zero-order chi connectivity index (χ0) is 25.5.